The third-order valence-corrected chi connectivity index (χ3v) is 6.55. The van der Waals surface area contributed by atoms with E-state index in [1.807, 2.05) is 6.07 Å². The van der Waals surface area contributed by atoms with Crippen LogP contribution in [0.4, 0.5) is 16.2 Å². The van der Waals surface area contributed by atoms with Gasteiger partial charge < -0.3 is 30.8 Å². The van der Waals surface area contributed by atoms with Crippen LogP contribution in [0.1, 0.15) is 35.7 Å². The van der Waals surface area contributed by atoms with Crippen molar-refractivity contribution < 1.29 is 24.2 Å². The third kappa shape index (κ3) is 7.68. The zero-order valence-corrected chi connectivity index (χ0v) is 22.6. The first-order valence-corrected chi connectivity index (χ1v) is 13.3. The quantitative estimate of drug-likeness (QED) is 0.199. The summed E-state index contributed by atoms with van der Waals surface area (Å²) in [5.41, 5.74) is 5.14. The first kappa shape index (κ1) is 27.8. The number of carboxylic acid groups (broad SMARTS) is 1. The first-order valence-electron chi connectivity index (χ1n) is 13.3. The number of anilines is 2. The number of aromatic nitrogens is 4. The average molecular weight is 561 g/mol. The van der Waals surface area contributed by atoms with Gasteiger partial charge in [-0.3, -0.25) is 14.8 Å². The maximum atomic E-state index is 12.0. The summed E-state index contributed by atoms with van der Waals surface area (Å²) in [6.45, 7) is 5.79. The van der Waals surface area contributed by atoms with Crippen LogP contribution in [0.15, 0.2) is 48.7 Å². The molecular formula is C28H32N8O5. The number of carbonyl (C=O) groups excluding carboxylic acids is 2. The Labute approximate surface area is 235 Å². The molecule has 1 saturated carbocycles. The van der Waals surface area contributed by atoms with E-state index in [4.69, 9.17) is 9.84 Å². The molecule has 6 N–H and O–H groups in total. The molecule has 2 aliphatic rings. The van der Waals surface area contributed by atoms with Crippen LogP contribution in [0.3, 0.4) is 0 Å². The Morgan fingerprint density at radius 2 is 1.83 bits per heavy atom. The fourth-order valence-electron chi connectivity index (χ4n) is 4.32. The van der Waals surface area contributed by atoms with Gasteiger partial charge in [0.2, 0.25) is 5.91 Å². The van der Waals surface area contributed by atoms with Gasteiger partial charge in [0.25, 0.3) is 0 Å². The molecule has 6 rings (SSSR count). The van der Waals surface area contributed by atoms with Crippen LogP contribution in [0.5, 0.6) is 0 Å². The number of aromatic amines is 2. The molecule has 3 amide bonds. The second kappa shape index (κ2) is 12.6. The van der Waals surface area contributed by atoms with Crippen LogP contribution in [-0.4, -0.2) is 80.4 Å². The number of morpholine rings is 1. The van der Waals surface area contributed by atoms with Gasteiger partial charge in [0.05, 0.1) is 41.7 Å². The molecule has 0 radical (unpaired) electrons. The summed E-state index contributed by atoms with van der Waals surface area (Å²) in [5, 5.41) is 23.9. The second-order valence-electron chi connectivity index (χ2n) is 9.92. The number of rotatable bonds is 7. The van der Waals surface area contributed by atoms with Gasteiger partial charge in [-0.25, -0.2) is 14.6 Å². The molecule has 2 fully saturated rings. The normalized spacial score (nSPS) is 15.0. The Kier molecular flexibility index (Phi) is 8.56. The largest absolute Gasteiger partial charge is 0.478 e. The molecule has 4 aromatic rings. The average Bonchev–Trinajstić information content (AvgIpc) is 3.47. The molecule has 1 aliphatic heterocycles. The Morgan fingerprint density at radius 3 is 2.51 bits per heavy atom. The lowest BCUT2D eigenvalue weighted by molar-refractivity contribution is -0.114. The van der Waals surface area contributed by atoms with Crippen molar-refractivity contribution in [1.29, 1.82) is 0 Å². The monoisotopic (exact) mass is 560 g/mol. The number of benzene rings is 2. The summed E-state index contributed by atoms with van der Waals surface area (Å²) in [5.74, 6) is -0.504. The summed E-state index contributed by atoms with van der Waals surface area (Å²) >= 11 is 0. The number of carboxylic acids is 1. The molecular weight excluding hydrogens is 528 g/mol. The van der Waals surface area contributed by atoms with E-state index in [-0.39, 0.29) is 17.5 Å². The van der Waals surface area contributed by atoms with Crippen molar-refractivity contribution >= 4 is 40.3 Å². The summed E-state index contributed by atoms with van der Waals surface area (Å²) < 4.78 is 5.41. The van der Waals surface area contributed by atoms with Crippen molar-refractivity contribution in [2.45, 2.75) is 32.4 Å². The lowest BCUT2D eigenvalue weighted by atomic mass is 10.2. The number of H-pyrrole nitrogens is 2. The maximum Gasteiger partial charge on any atom is 0.335 e. The third-order valence-electron chi connectivity index (χ3n) is 6.55. The minimum absolute atomic E-state index is 0.178. The van der Waals surface area contributed by atoms with Crippen LogP contribution >= 0.6 is 0 Å². The predicted molar refractivity (Wildman–Crippen MR) is 153 cm³/mol. The topological polar surface area (TPSA) is 177 Å². The first-order chi connectivity index (χ1) is 19.8. The van der Waals surface area contributed by atoms with Gasteiger partial charge in [0, 0.05) is 38.3 Å². The minimum atomic E-state index is -0.977. The molecule has 13 heteroatoms. The molecule has 0 atom stereocenters. The molecule has 0 bridgehead atoms. The minimum Gasteiger partial charge on any atom is -0.478 e. The van der Waals surface area contributed by atoms with Gasteiger partial charge in [-0.05, 0) is 54.8 Å². The van der Waals surface area contributed by atoms with Gasteiger partial charge in [-0.2, -0.15) is 5.10 Å². The summed E-state index contributed by atoms with van der Waals surface area (Å²) in [4.78, 5) is 43.5. The molecule has 2 aromatic carbocycles. The predicted octanol–water partition coefficient (Wildman–Crippen LogP) is 3.41. The molecule has 13 nitrogen and oxygen atoms in total. The number of nitrogens with one attached hydrogen (secondary N) is 5. The Hall–Kier alpha value is -4.75. The fraction of sp³-hybridized carbons (Fsp3) is 0.321. The zero-order chi connectivity index (χ0) is 28.8. The number of urea groups is 1. The molecule has 41 heavy (non-hydrogen) atoms. The Morgan fingerprint density at radius 1 is 1.07 bits per heavy atom. The Bertz CT molecular complexity index is 1520. The van der Waals surface area contributed by atoms with Crippen molar-refractivity contribution in [3.05, 3.63) is 59.8 Å². The number of nitrogens with zero attached hydrogens (tertiary/aromatic N) is 3. The number of amides is 3. The number of ether oxygens (including phenoxy) is 1. The zero-order valence-electron chi connectivity index (χ0n) is 22.6. The van der Waals surface area contributed by atoms with Gasteiger partial charge in [0.1, 0.15) is 5.69 Å². The van der Waals surface area contributed by atoms with E-state index in [9.17, 15) is 14.4 Å². The molecule has 3 heterocycles. The van der Waals surface area contributed by atoms with E-state index in [2.05, 4.69) is 53.1 Å². The van der Waals surface area contributed by atoms with E-state index in [1.165, 1.54) is 24.6 Å². The molecule has 1 saturated heterocycles. The number of aromatic carboxylic acids is 1. The van der Waals surface area contributed by atoms with E-state index >= 15 is 0 Å². The highest BCUT2D eigenvalue weighted by Gasteiger charge is 2.24. The molecule has 1 aliphatic carbocycles. The van der Waals surface area contributed by atoms with Crippen LogP contribution in [0.25, 0.3) is 22.6 Å². The van der Waals surface area contributed by atoms with E-state index in [0.29, 0.717) is 28.9 Å². The smallest absolute Gasteiger partial charge is 0.335 e. The number of fused-ring (bicyclic) bond motifs is 1. The number of hydrogen-bond acceptors (Lipinski definition) is 7. The highest BCUT2D eigenvalue weighted by molar-refractivity contribution is 5.94. The van der Waals surface area contributed by atoms with E-state index in [1.54, 1.807) is 18.3 Å². The van der Waals surface area contributed by atoms with Crippen molar-refractivity contribution in [2.24, 2.45) is 0 Å². The van der Waals surface area contributed by atoms with Crippen molar-refractivity contribution in [1.82, 2.24) is 30.4 Å². The SMILES string of the molecule is CC(=O)Nc1ccc(C(=O)O)cc1.O=C(Nc1cn[nH]c1-c1nc2ccc(CN3CCOCC3)cc2[nH]1)NC1CC1. The van der Waals surface area contributed by atoms with Crippen molar-refractivity contribution in [3.8, 4) is 11.5 Å². The highest BCUT2D eigenvalue weighted by Crippen LogP contribution is 2.26. The van der Waals surface area contributed by atoms with Crippen molar-refractivity contribution in [3.63, 3.8) is 0 Å². The van der Waals surface area contributed by atoms with Crippen LogP contribution in [0, 0.1) is 0 Å². The summed E-state index contributed by atoms with van der Waals surface area (Å²) in [6, 6.07) is 12.3. The van der Waals surface area contributed by atoms with Crippen LogP contribution in [0.2, 0.25) is 0 Å². The van der Waals surface area contributed by atoms with Crippen molar-refractivity contribution in [2.75, 3.05) is 36.9 Å². The lowest BCUT2D eigenvalue weighted by Crippen LogP contribution is -2.35. The second-order valence-corrected chi connectivity index (χ2v) is 9.92. The summed E-state index contributed by atoms with van der Waals surface area (Å²) in [7, 11) is 0. The van der Waals surface area contributed by atoms with Crippen LogP contribution < -0.4 is 16.0 Å². The van der Waals surface area contributed by atoms with Gasteiger partial charge in [-0.1, -0.05) is 6.07 Å². The molecule has 214 valence electrons. The van der Waals surface area contributed by atoms with Gasteiger partial charge in [-0.15, -0.1) is 0 Å². The van der Waals surface area contributed by atoms with Crippen LogP contribution in [-0.2, 0) is 16.1 Å². The fourth-order valence-corrected chi connectivity index (χ4v) is 4.32. The number of carbonyl (C=O) groups is 3. The molecule has 0 unspecified atom stereocenters. The standard InChI is InChI=1S/C19H23N7O2.C9H9NO3/c27-19(21-13-2-3-13)24-16-10-20-25-17(16)18-22-14-4-1-12(9-15(14)23-18)11-26-5-7-28-8-6-26;1-6(11)10-8-4-2-7(3-5-8)9(12)13/h1,4,9-10,13H,2-3,5-8,11H2,(H,20,25)(H,22,23)(H2,21,24,27);2-5H,1H3,(H,10,11)(H,12,13). The molecule has 0 spiro atoms. The van der Waals surface area contributed by atoms with Gasteiger partial charge >= 0.3 is 12.0 Å². The number of imidazole rings is 1. The Balaban J connectivity index is 0.000000219. The van der Waals surface area contributed by atoms with E-state index < -0.39 is 5.97 Å². The summed E-state index contributed by atoms with van der Waals surface area (Å²) in [6.07, 6.45) is 3.68. The maximum absolute atomic E-state index is 12.0. The highest BCUT2D eigenvalue weighted by atomic mass is 16.5. The molecule has 2 aromatic heterocycles. The lowest BCUT2D eigenvalue weighted by Gasteiger charge is -2.26. The van der Waals surface area contributed by atoms with E-state index in [0.717, 1.165) is 56.7 Å². The number of hydrogen-bond donors (Lipinski definition) is 6. The van der Waals surface area contributed by atoms with Gasteiger partial charge in [0.15, 0.2) is 5.82 Å².